The van der Waals surface area contributed by atoms with Gasteiger partial charge in [-0.15, -0.1) is 12.4 Å². The molecule has 4 saturated carbocycles. The topological polar surface area (TPSA) is 136 Å². The summed E-state index contributed by atoms with van der Waals surface area (Å²) in [6.45, 7) is 0. The minimum atomic E-state index is -0.462. The Bertz CT molecular complexity index is 823. The number of aromatic amines is 1. The fraction of sp³-hybridized carbons (Fsp3) is 0.556. The van der Waals surface area contributed by atoms with Gasteiger partial charge in [0.2, 0.25) is 0 Å². The molecule has 4 fully saturated rings. The van der Waals surface area contributed by atoms with Gasteiger partial charge in [-0.05, 0) is 55.9 Å². The quantitative estimate of drug-likeness (QED) is 0.643. The van der Waals surface area contributed by atoms with Crippen molar-refractivity contribution in [2.75, 3.05) is 5.32 Å². The predicted octanol–water partition coefficient (Wildman–Crippen LogP) is 1.61. The highest BCUT2D eigenvalue weighted by atomic mass is 35.5. The van der Waals surface area contributed by atoms with Gasteiger partial charge in [0.25, 0.3) is 5.91 Å². The summed E-state index contributed by atoms with van der Waals surface area (Å²) >= 11 is 0. The summed E-state index contributed by atoms with van der Waals surface area (Å²) in [6, 6.07) is 2.22. The first-order chi connectivity index (χ1) is 11.5. The van der Waals surface area contributed by atoms with E-state index in [2.05, 4.69) is 15.3 Å². The highest BCUT2D eigenvalue weighted by molar-refractivity contribution is 6.06. The van der Waals surface area contributed by atoms with Crippen LogP contribution in [0.4, 0.5) is 5.69 Å². The maximum absolute atomic E-state index is 11.9. The van der Waals surface area contributed by atoms with Crippen molar-refractivity contribution in [2.24, 2.45) is 23.5 Å². The van der Waals surface area contributed by atoms with Crippen LogP contribution < -0.4 is 11.1 Å². The molecule has 26 heavy (non-hydrogen) atoms. The molecule has 0 radical (unpaired) electrons. The van der Waals surface area contributed by atoms with Crippen molar-refractivity contribution >= 4 is 35.0 Å². The van der Waals surface area contributed by atoms with E-state index < -0.39 is 11.5 Å². The van der Waals surface area contributed by atoms with Gasteiger partial charge in [-0.3, -0.25) is 4.79 Å². The number of pyridine rings is 1. The van der Waals surface area contributed by atoms with Crippen LogP contribution in [-0.4, -0.2) is 38.1 Å². The van der Waals surface area contributed by atoms with Crippen molar-refractivity contribution in [3.8, 4) is 0 Å². The number of halogens is 1. The standard InChI is InChI=1S/C18H22N4O2.ClH.H2O/c19-16(23)13-8-21-17-12(1-2-20-17)15(13)22-14-10-3-9-4-11(14)7-18(24,5-9)6-10;;/h1-2,8-11,14,24H,3-7H2,(H2,19,23)(H2,20,21,22);1H;1H2/t9?,10-,11?,14?,18?;;/m0../s1. The van der Waals surface area contributed by atoms with Crippen molar-refractivity contribution in [2.45, 2.75) is 43.7 Å². The summed E-state index contributed by atoms with van der Waals surface area (Å²) in [5.41, 5.74) is 7.10. The normalized spacial score (nSPS) is 34.2. The number of nitrogens with two attached hydrogens (primary N) is 1. The molecule has 0 aromatic carbocycles. The lowest BCUT2D eigenvalue weighted by atomic mass is 9.52. The Morgan fingerprint density at radius 1 is 1.31 bits per heavy atom. The van der Waals surface area contributed by atoms with Crippen LogP contribution in [0.2, 0.25) is 0 Å². The molecule has 4 aliphatic rings. The summed E-state index contributed by atoms with van der Waals surface area (Å²) < 4.78 is 0. The number of hydrogen-bond donors (Lipinski definition) is 4. The molecule has 0 spiro atoms. The SMILES string of the molecule is Cl.NC(=O)c1cnc2[nH]ccc2c1NC1C2CC3C[C@H]1CC(O)(C3)C2.O. The summed E-state index contributed by atoms with van der Waals surface area (Å²) in [5, 5.41) is 15.3. The van der Waals surface area contributed by atoms with Crippen molar-refractivity contribution in [1.82, 2.24) is 9.97 Å². The predicted molar refractivity (Wildman–Crippen MR) is 101 cm³/mol. The van der Waals surface area contributed by atoms with Gasteiger partial charge in [0.1, 0.15) is 5.65 Å². The molecule has 2 aromatic heterocycles. The number of primary amides is 1. The van der Waals surface area contributed by atoms with E-state index in [4.69, 9.17) is 5.73 Å². The molecule has 2 heterocycles. The molecule has 5 atom stereocenters. The molecular weight excluding hydrogens is 356 g/mol. The summed E-state index contributed by atoms with van der Waals surface area (Å²) in [7, 11) is 0. The Morgan fingerprint density at radius 2 is 2.00 bits per heavy atom. The Kier molecular flexibility index (Phi) is 4.67. The minimum absolute atomic E-state index is 0. The van der Waals surface area contributed by atoms with Crippen LogP contribution in [0.1, 0.15) is 42.5 Å². The van der Waals surface area contributed by atoms with E-state index in [0.717, 1.165) is 36.0 Å². The van der Waals surface area contributed by atoms with Crippen LogP contribution in [0.15, 0.2) is 18.5 Å². The first-order valence-electron chi connectivity index (χ1n) is 8.77. The van der Waals surface area contributed by atoms with E-state index in [-0.39, 0.29) is 17.9 Å². The molecular formula is C18H25ClN4O3. The molecule has 0 saturated heterocycles. The van der Waals surface area contributed by atoms with E-state index in [1.165, 1.54) is 12.8 Å². The number of aliphatic hydroxyl groups is 1. The second-order valence-corrected chi connectivity index (χ2v) is 8.02. The largest absolute Gasteiger partial charge is 0.412 e. The Balaban J connectivity index is 0.000000980. The smallest absolute Gasteiger partial charge is 0.252 e. The van der Waals surface area contributed by atoms with Crippen LogP contribution >= 0.6 is 12.4 Å². The van der Waals surface area contributed by atoms with Crippen molar-refractivity contribution in [3.63, 3.8) is 0 Å². The van der Waals surface area contributed by atoms with Crippen molar-refractivity contribution < 1.29 is 15.4 Å². The van der Waals surface area contributed by atoms with E-state index in [0.29, 0.717) is 29.4 Å². The zero-order chi connectivity index (χ0) is 16.5. The molecule has 4 aliphatic carbocycles. The number of aromatic nitrogens is 2. The first kappa shape index (κ1) is 18.9. The third kappa shape index (κ3) is 2.74. The van der Waals surface area contributed by atoms with E-state index in [1.807, 2.05) is 12.3 Å². The number of H-pyrrole nitrogens is 1. The molecule has 0 aliphatic heterocycles. The molecule has 7 nitrogen and oxygen atoms in total. The number of nitrogens with zero attached hydrogens (tertiary/aromatic N) is 1. The molecule has 4 unspecified atom stereocenters. The average molecular weight is 381 g/mol. The number of carbonyl (C=O) groups excluding carboxylic acids is 1. The number of anilines is 1. The molecule has 4 bridgehead atoms. The number of amides is 1. The van der Waals surface area contributed by atoms with Crippen LogP contribution in [0.5, 0.6) is 0 Å². The summed E-state index contributed by atoms with van der Waals surface area (Å²) in [6.07, 6.45) is 8.42. The third-order valence-corrected chi connectivity index (χ3v) is 6.40. The molecule has 1 amide bonds. The molecule has 8 heteroatoms. The Labute approximate surface area is 157 Å². The van der Waals surface area contributed by atoms with Crippen LogP contribution in [0.3, 0.4) is 0 Å². The number of nitrogens with one attached hydrogen (secondary N) is 2. The Hall–Kier alpha value is -1.83. The summed E-state index contributed by atoms with van der Waals surface area (Å²) in [4.78, 5) is 19.3. The van der Waals surface area contributed by atoms with Crippen molar-refractivity contribution in [1.29, 1.82) is 0 Å². The maximum Gasteiger partial charge on any atom is 0.252 e. The monoisotopic (exact) mass is 380 g/mol. The lowest BCUT2D eigenvalue weighted by Gasteiger charge is -2.58. The zero-order valence-electron chi connectivity index (χ0n) is 14.4. The van der Waals surface area contributed by atoms with Crippen molar-refractivity contribution in [3.05, 3.63) is 24.0 Å². The highest BCUT2D eigenvalue weighted by Crippen LogP contribution is 2.56. The van der Waals surface area contributed by atoms with Gasteiger partial charge in [-0.25, -0.2) is 4.98 Å². The first-order valence-corrected chi connectivity index (χ1v) is 8.77. The van der Waals surface area contributed by atoms with Gasteiger partial charge in [0, 0.05) is 23.8 Å². The van der Waals surface area contributed by atoms with Gasteiger partial charge < -0.3 is 26.6 Å². The van der Waals surface area contributed by atoms with Gasteiger partial charge in [0.15, 0.2) is 0 Å². The van der Waals surface area contributed by atoms with E-state index >= 15 is 0 Å². The molecule has 142 valence electrons. The second kappa shape index (κ2) is 6.40. The molecule has 7 N–H and O–H groups in total. The van der Waals surface area contributed by atoms with Gasteiger partial charge in [0.05, 0.1) is 16.9 Å². The van der Waals surface area contributed by atoms with Gasteiger partial charge >= 0.3 is 0 Å². The van der Waals surface area contributed by atoms with Gasteiger partial charge in [-0.1, -0.05) is 0 Å². The minimum Gasteiger partial charge on any atom is -0.412 e. The fourth-order valence-electron chi connectivity index (χ4n) is 5.73. The number of hydrogen-bond acceptors (Lipinski definition) is 4. The highest BCUT2D eigenvalue weighted by Gasteiger charge is 2.54. The Morgan fingerprint density at radius 3 is 2.62 bits per heavy atom. The van der Waals surface area contributed by atoms with E-state index in [9.17, 15) is 9.90 Å². The van der Waals surface area contributed by atoms with Crippen LogP contribution in [0.25, 0.3) is 11.0 Å². The third-order valence-electron chi connectivity index (χ3n) is 6.40. The second-order valence-electron chi connectivity index (χ2n) is 8.02. The van der Waals surface area contributed by atoms with E-state index in [1.54, 1.807) is 6.20 Å². The van der Waals surface area contributed by atoms with Crippen LogP contribution in [-0.2, 0) is 0 Å². The van der Waals surface area contributed by atoms with Gasteiger partial charge in [-0.2, -0.15) is 0 Å². The fourth-order valence-corrected chi connectivity index (χ4v) is 5.73. The number of rotatable bonds is 3. The number of carbonyl (C=O) groups is 1. The zero-order valence-corrected chi connectivity index (χ0v) is 15.2. The number of fused-ring (bicyclic) bond motifs is 1. The summed E-state index contributed by atoms with van der Waals surface area (Å²) in [5.74, 6) is 1.12. The maximum atomic E-state index is 11.9. The molecule has 6 rings (SSSR count). The lowest BCUT2D eigenvalue weighted by molar-refractivity contribution is -0.129. The average Bonchev–Trinajstić information content (AvgIpc) is 2.97. The van der Waals surface area contributed by atoms with Crippen LogP contribution in [0, 0.1) is 17.8 Å². The molecule has 2 aromatic rings. The lowest BCUT2D eigenvalue weighted by Crippen LogP contribution is -2.59.